The topological polar surface area (TPSA) is 81.1 Å². The minimum atomic E-state index is -0.175. The first-order valence-electron chi connectivity index (χ1n) is 10.8. The molecule has 1 aliphatic rings. The molecule has 2 heterocycles. The molecule has 0 saturated carbocycles. The number of amides is 2. The number of carbonyl (C=O) groups is 1. The van der Waals surface area contributed by atoms with Gasteiger partial charge in [0.25, 0.3) is 0 Å². The molecule has 5 rings (SSSR count). The van der Waals surface area contributed by atoms with E-state index in [2.05, 4.69) is 15.7 Å². The average molecular weight is 428 g/mol. The fourth-order valence-corrected chi connectivity index (χ4v) is 4.29. The van der Waals surface area contributed by atoms with Crippen molar-refractivity contribution in [2.24, 2.45) is 0 Å². The maximum Gasteiger partial charge on any atom is 0.319 e. The Morgan fingerprint density at radius 2 is 1.94 bits per heavy atom. The third-order valence-corrected chi connectivity index (χ3v) is 5.93. The molecule has 1 atom stereocenters. The van der Waals surface area contributed by atoms with Gasteiger partial charge < -0.3 is 15.4 Å². The van der Waals surface area contributed by atoms with Crippen LogP contribution in [0.1, 0.15) is 23.1 Å². The summed E-state index contributed by atoms with van der Waals surface area (Å²) in [5.41, 5.74) is 5.29. The Morgan fingerprint density at radius 1 is 1.12 bits per heavy atom. The highest BCUT2D eigenvalue weighted by atomic mass is 16.5. The number of carbonyl (C=O) groups excluding carboxylic acids is 1. The van der Waals surface area contributed by atoms with Crippen molar-refractivity contribution in [2.75, 3.05) is 12.4 Å². The van der Waals surface area contributed by atoms with Crippen LogP contribution < -0.4 is 15.4 Å². The van der Waals surface area contributed by atoms with Crippen LogP contribution in [0.5, 0.6) is 5.75 Å². The largest absolute Gasteiger partial charge is 0.497 e. The van der Waals surface area contributed by atoms with E-state index in [0.29, 0.717) is 6.54 Å². The van der Waals surface area contributed by atoms with E-state index in [1.54, 1.807) is 7.11 Å². The van der Waals surface area contributed by atoms with Crippen LogP contribution in [0.15, 0.2) is 67.0 Å². The van der Waals surface area contributed by atoms with Crippen LogP contribution in [0.3, 0.4) is 0 Å². The molecule has 0 saturated heterocycles. The molecule has 4 aromatic rings. The first kappa shape index (κ1) is 20.1. The number of anilines is 1. The molecule has 2 N–H and O–H groups in total. The molecule has 162 valence electrons. The van der Waals surface area contributed by atoms with Crippen molar-refractivity contribution in [3.05, 3.63) is 83.7 Å². The molecule has 0 bridgehead atoms. The van der Waals surface area contributed by atoms with Crippen molar-refractivity contribution in [1.29, 1.82) is 0 Å². The summed E-state index contributed by atoms with van der Waals surface area (Å²) in [6.45, 7) is 0.656. The van der Waals surface area contributed by atoms with Crippen molar-refractivity contribution >= 4 is 22.8 Å². The molecule has 2 amide bonds. The van der Waals surface area contributed by atoms with Gasteiger partial charge in [0.05, 0.1) is 19.9 Å². The number of aromatic nitrogens is 3. The van der Waals surface area contributed by atoms with Crippen molar-refractivity contribution in [3.8, 4) is 5.75 Å². The lowest BCUT2D eigenvalue weighted by Gasteiger charge is -2.25. The molecule has 1 aliphatic carbocycles. The number of nitrogens with zero attached hydrogens (tertiary/aromatic N) is 3. The maximum absolute atomic E-state index is 12.4. The lowest BCUT2D eigenvalue weighted by atomic mass is 9.88. The Bertz CT molecular complexity index is 1230. The number of aryl methyl sites for hydroxylation is 1. The third-order valence-electron chi connectivity index (χ3n) is 5.93. The summed E-state index contributed by atoms with van der Waals surface area (Å²) in [4.78, 5) is 17.1. The Morgan fingerprint density at radius 3 is 2.72 bits per heavy atom. The molecule has 0 aliphatic heterocycles. The molecule has 7 nitrogen and oxygen atoms in total. The maximum atomic E-state index is 12.4. The molecule has 2 aromatic heterocycles. The monoisotopic (exact) mass is 427 g/mol. The number of benzene rings is 2. The van der Waals surface area contributed by atoms with Gasteiger partial charge in [-0.3, -0.25) is 0 Å². The summed E-state index contributed by atoms with van der Waals surface area (Å²) < 4.78 is 7.17. The molecule has 0 fully saturated rings. The molecule has 32 heavy (non-hydrogen) atoms. The zero-order valence-corrected chi connectivity index (χ0v) is 17.9. The number of pyridine rings is 1. The quantitative estimate of drug-likeness (QED) is 0.501. The van der Waals surface area contributed by atoms with Crippen LogP contribution in [-0.2, 0) is 19.4 Å². The number of hydrogen-bond donors (Lipinski definition) is 2. The minimum absolute atomic E-state index is 0.0832. The van der Waals surface area contributed by atoms with Gasteiger partial charge in [-0.25, -0.2) is 14.5 Å². The molecule has 1 unspecified atom stereocenters. The fraction of sp³-hybridized carbons (Fsp3) is 0.240. The van der Waals surface area contributed by atoms with Gasteiger partial charge >= 0.3 is 6.03 Å². The van der Waals surface area contributed by atoms with E-state index >= 15 is 0 Å². The van der Waals surface area contributed by atoms with E-state index in [9.17, 15) is 4.79 Å². The molecular weight excluding hydrogens is 402 g/mol. The van der Waals surface area contributed by atoms with E-state index in [1.807, 2.05) is 71.7 Å². The third kappa shape index (κ3) is 4.14. The minimum Gasteiger partial charge on any atom is -0.497 e. The number of fused-ring (bicyclic) bond motifs is 3. The van der Waals surface area contributed by atoms with E-state index in [4.69, 9.17) is 9.72 Å². The summed E-state index contributed by atoms with van der Waals surface area (Å²) >= 11 is 0. The highest BCUT2D eigenvalue weighted by Gasteiger charge is 2.23. The predicted octanol–water partition coefficient (Wildman–Crippen LogP) is 4.17. The first-order valence-corrected chi connectivity index (χ1v) is 10.8. The van der Waals surface area contributed by atoms with Gasteiger partial charge in [-0.05, 0) is 60.2 Å². The number of hydrogen-bond acceptors (Lipinski definition) is 4. The highest BCUT2D eigenvalue weighted by molar-refractivity contribution is 5.89. The molecule has 0 radical (unpaired) electrons. The number of nitrogens with one attached hydrogen (secondary N) is 2. The Hall–Kier alpha value is -3.87. The molecule has 2 aromatic carbocycles. The molecule has 7 heteroatoms. The summed E-state index contributed by atoms with van der Waals surface area (Å²) in [6.07, 6.45) is 6.40. The van der Waals surface area contributed by atoms with Crippen LogP contribution in [-0.4, -0.2) is 33.9 Å². The number of para-hydroxylation sites is 1. The van der Waals surface area contributed by atoms with Crippen LogP contribution in [0, 0.1) is 0 Å². The lowest BCUT2D eigenvalue weighted by Crippen LogP contribution is -2.41. The number of ether oxygens (including phenoxy) is 1. The summed E-state index contributed by atoms with van der Waals surface area (Å²) in [5.74, 6) is 0.840. The summed E-state index contributed by atoms with van der Waals surface area (Å²) in [5, 5.41) is 11.7. The zero-order chi connectivity index (χ0) is 21.9. The summed E-state index contributed by atoms with van der Waals surface area (Å²) in [6, 6.07) is 17.4. The van der Waals surface area contributed by atoms with Crippen LogP contribution in [0.4, 0.5) is 10.5 Å². The van der Waals surface area contributed by atoms with E-state index < -0.39 is 0 Å². The Kier molecular flexibility index (Phi) is 5.46. The summed E-state index contributed by atoms with van der Waals surface area (Å²) in [7, 11) is 1.67. The second kappa shape index (κ2) is 8.70. The normalized spacial score (nSPS) is 15.2. The second-order valence-electron chi connectivity index (χ2n) is 8.05. The van der Waals surface area contributed by atoms with E-state index in [-0.39, 0.29) is 12.1 Å². The predicted molar refractivity (Wildman–Crippen MR) is 124 cm³/mol. The van der Waals surface area contributed by atoms with Gasteiger partial charge in [-0.15, -0.1) is 0 Å². The van der Waals surface area contributed by atoms with E-state index in [1.165, 1.54) is 11.1 Å². The van der Waals surface area contributed by atoms with E-state index in [0.717, 1.165) is 47.3 Å². The Labute approximate surface area is 186 Å². The lowest BCUT2D eigenvalue weighted by molar-refractivity contribution is 0.247. The van der Waals surface area contributed by atoms with Gasteiger partial charge in [-0.1, -0.05) is 30.3 Å². The number of rotatable bonds is 5. The Balaban J connectivity index is 1.29. The first-order chi connectivity index (χ1) is 15.7. The second-order valence-corrected chi connectivity index (χ2v) is 8.05. The average Bonchev–Trinajstić information content (AvgIpc) is 3.23. The fourth-order valence-electron chi connectivity index (χ4n) is 4.29. The molecule has 0 spiro atoms. The van der Waals surface area contributed by atoms with Crippen molar-refractivity contribution in [1.82, 2.24) is 20.1 Å². The van der Waals surface area contributed by atoms with Crippen molar-refractivity contribution in [2.45, 2.75) is 31.8 Å². The van der Waals surface area contributed by atoms with Gasteiger partial charge in [0.1, 0.15) is 5.75 Å². The van der Waals surface area contributed by atoms with Gasteiger partial charge in [0, 0.05) is 23.3 Å². The van der Waals surface area contributed by atoms with Gasteiger partial charge in [0.15, 0.2) is 5.65 Å². The number of urea groups is 1. The number of methoxy groups -OCH3 is 1. The van der Waals surface area contributed by atoms with Crippen LogP contribution in [0.2, 0.25) is 0 Å². The molecular formula is C25H25N5O2. The SMILES string of the molecule is COc1ccc(Cn2ncc3c4c(cnc32)CC(NC(=O)Nc2ccccc2)CC4)cc1. The van der Waals surface area contributed by atoms with Crippen molar-refractivity contribution in [3.63, 3.8) is 0 Å². The smallest absolute Gasteiger partial charge is 0.319 e. The zero-order valence-electron chi connectivity index (χ0n) is 17.9. The van der Waals surface area contributed by atoms with Gasteiger partial charge in [0.2, 0.25) is 0 Å². The standard InChI is InChI=1S/C25H25N5O2/c1-32-21-10-7-17(8-11-21)16-30-24-23(15-27-30)22-12-9-20(13-18(22)14-26-24)29-25(31)28-19-5-3-2-4-6-19/h2-8,10-11,14-15,20H,9,12-13,16H2,1H3,(H2,28,29,31). The van der Waals surface area contributed by atoms with Crippen molar-refractivity contribution < 1.29 is 9.53 Å². The highest BCUT2D eigenvalue weighted by Crippen LogP contribution is 2.28. The van der Waals surface area contributed by atoms with Crippen LogP contribution in [0.25, 0.3) is 11.0 Å². The van der Waals surface area contributed by atoms with Crippen LogP contribution >= 0.6 is 0 Å². The van der Waals surface area contributed by atoms with Gasteiger partial charge in [-0.2, -0.15) is 5.10 Å².